The molecule has 0 aliphatic heterocycles. The van der Waals surface area contributed by atoms with Gasteiger partial charge in [-0.15, -0.1) is 0 Å². The number of aryl methyl sites for hydroxylation is 2. The lowest BCUT2D eigenvalue weighted by atomic mass is 10.1. The molecule has 3 rings (SSSR count). The summed E-state index contributed by atoms with van der Waals surface area (Å²) in [6.45, 7) is 1.91. The molecule has 0 amide bonds. The van der Waals surface area contributed by atoms with Gasteiger partial charge in [0.15, 0.2) is 0 Å². The van der Waals surface area contributed by atoms with Gasteiger partial charge in [0.2, 0.25) is 0 Å². The fourth-order valence-electron chi connectivity index (χ4n) is 1.88. The van der Waals surface area contributed by atoms with Gasteiger partial charge in [-0.3, -0.25) is 4.68 Å². The third-order valence-corrected chi connectivity index (χ3v) is 2.90. The first-order chi connectivity index (χ1) is 9.13. The summed E-state index contributed by atoms with van der Waals surface area (Å²) < 4.78 is 1.65. The summed E-state index contributed by atoms with van der Waals surface area (Å²) in [5.41, 5.74) is 9.41. The summed E-state index contributed by atoms with van der Waals surface area (Å²) in [4.78, 5) is 1.60. The molecule has 19 heavy (non-hydrogen) atoms. The van der Waals surface area contributed by atoms with Gasteiger partial charge in [-0.25, -0.2) is 0 Å². The quantitative estimate of drug-likeness (QED) is 0.753. The van der Waals surface area contributed by atoms with Gasteiger partial charge in [-0.05, 0) is 19.1 Å². The molecule has 0 aliphatic rings. The smallest absolute Gasteiger partial charge is 0.121 e. The lowest BCUT2D eigenvalue weighted by Crippen LogP contribution is -1.99. The van der Waals surface area contributed by atoms with Crippen LogP contribution in [0.25, 0.3) is 16.9 Å². The van der Waals surface area contributed by atoms with E-state index in [9.17, 15) is 0 Å². The molecule has 0 fully saturated rings. The third kappa shape index (κ3) is 2.08. The number of nitrogens with two attached hydrogens (primary N) is 1. The van der Waals surface area contributed by atoms with Crippen LogP contribution in [0, 0.1) is 6.92 Å². The van der Waals surface area contributed by atoms with Crippen molar-refractivity contribution in [1.29, 1.82) is 0 Å². The van der Waals surface area contributed by atoms with Gasteiger partial charge in [0, 0.05) is 18.7 Å². The Hall–Kier alpha value is -2.63. The molecule has 0 saturated heterocycles. The molecular weight excluding hydrogens is 240 g/mol. The van der Waals surface area contributed by atoms with E-state index in [2.05, 4.69) is 15.3 Å². The Bertz CT molecular complexity index is 705. The number of rotatable bonds is 2. The maximum absolute atomic E-state index is 5.80. The molecule has 0 aliphatic carbocycles. The predicted octanol–water partition coefficient (Wildman–Crippen LogP) is 1.56. The molecule has 6 heteroatoms. The second kappa shape index (κ2) is 4.24. The fourth-order valence-corrected chi connectivity index (χ4v) is 1.88. The molecule has 6 nitrogen and oxygen atoms in total. The zero-order valence-corrected chi connectivity index (χ0v) is 10.8. The molecule has 0 radical (unpaired) electrons. The molecule has 2 N–H and O–H groups in total. The van der Waals surface area contributed by atoms with Crippen molar-refractivity contribution in [3.05, 3.63) is 42.2 Å². The molecule has 1 aromatic carbocycles. The van der Waals surface area contributed by atoms with Gasteiger partial charge >= 0.3 is 0 Å². The average molecular weight is 254 g/mol. The van der Waals surface area contributed by atoms with Crippen LogP contribution in [0.15, 0.2) is 36.5 Å². The summed E-state index contributed by atoms with van der Waals surface area (Å²) in [6, 6.07) is 9.73. The van der Waals surface area contributed by atoms with Crippen molar-refractivity contribution < 1.29 is 0 Å². The first kappa shape index (κ1) is 11.5. The van der Waals surface area contributed by atoms with Crippen LogP contribution in [0.5, 0.6) is 0 Å². The number of nitrogens with zero attached hydrogens (tertiary/aromatic N) is 5. The molecule has 0 bridgehead atoms. The highest BCUT2D eigenvalue weighted by Gasteiger charge is 2.07. The van der Waals surface area contributed by atoms with Crippen molar-refractivity contribution in [3.8, 4) is 16.9 Å². The van der Waals surface area contributed by atoms with Crippen LogP contribution in [0.2, 0.25) is 0 Å². The van der Waals surface area contributed by atoms with Crippen molar-refractivity contribution in [2.45, 2.75) is 6.92 Å². The Kier molecular flexibility index (Phi) is 2.56. The van der Waals surface area contributed by atoms with Crippen LogP contribution in [-0.4, -0.2) is 24.8 Å². The summed E-state index contributed by atoms with van der Waals surface area (Å²) in [5.74, 6) is 0.633. The van der Waals surface area contributed by atoms with Crippen LogP contribution in [0.1, 0.15) is 5.69 Å². The second-order valence-corrected chi connectivity index (χ2v) is 4.40. The minimum Gasteiger partial charge on any atom is -0.384 e. The van der Waals surface area contributed by atoms with Crippen LogP contribution >= 0.6 is 0 Å². The Morgan fingerprint density at radius 2 is 2.00 bits per heavy atom. The molecule has 0 saturated carbocycles. The lowest BCUT2D eigenvalue weighted by molar-refractivity contribution is 0.745. The zero-order valence-electron chi connectivity index (χ0n) is 10.8. The first-order valence-corrected chi connectivity index (χ1v) is 5.93. The normalized spacial score (nSPS) is 10.8. The minimum atomic E-state index is 0.633. The summed E-state index contributed by atoms with van der Waals surface area (Å²) >= 11 is 0. The van der Waals surface area contributed by atoms with E-state index in [0.717, 1.165) is 22.6 Å². The maximum atomic E-state index is 5.80. The fraction of sp³-hybridized carbons (Fsp3) is 0.154. The number of hydrogen-bond donors (Lipinski definition) is 1. The lowest BCUT2D eigenvalue weighted by Gasteiger charge is -2.02. The second-order valence-electron chi connectivity index (χ2n) is 4.40. The molecule has 0 atom stereocenters. The highest BCUT2D eigenvalue weighted by Crippen LogP contribution is 2.21. The highest BCUT2D eigenvalue weighted by atomic mass is 15.5. The standard InChI is InChI=1S/C13H14N6/c1-9-8-15-19(16-9)11-5-3-4-10(6-11)12-7-13(14)18(2)17-12/h3-8H,14H2,1-2H3. The van der Waals surface area contributed by atoms with Gasteiger partial charge in [0.1, 0.15) is 5.82 Å². The maximum Gasteiger partial charge on any atom is 0.121 e. The van der Waals surface area contributed by atoms with Crippen molar-refractivity contribution in [2.75, 3.05) is 5.73 Å². The molecule has 96 valence electrons. The first-order valence-electron chi connectivity index (χ1n) is 5.93. The van der Waals surface area contributed by atoms with Crippen molar-refractivity contribution in [3.63, 3.8) is 0 Å². The Labute approximate surface area is 110 Å². The molecular formula is C13H14N6. The minimum absolute atomic E-state index is 0.633. The topological polar surface area (TPSA) is 74.6 Å². The SMILES string of the molecule is Cc1cnn(-c2cccc(-c3cc(N)n(C)n3)c2)n1. The van der Waals surface area contributed by atoms with E-state index in [1.165, 1.54) is 0 Å². The van der Waals surface area contributed by atoms with Gasteiger partial charge < -0.3 is 5.73 Å². The number of benzene rings is 1. The van der Waals surface area contributed by atoms with Gasteiger partial charge in [-0.1, -0.05) is 12.1 Å². The van der Waals surface area contributed by atoms with E-state index < -0.39 is 0 Å². The van der Waals surface area contributed by atoms with Crippen molar-refractivity contribution in [2.24, 2.45) is 7.05 Å². The zero-order chi connectivity index (χ0) is 13.4. The van der Waals surface area contributed by atoms with E-state index in [-0.39, 0.29) is 0 Å². The van der Waals surface area contributed by atoms with E-state index in [1.54, 1.807) is 15.7 Å². The predicted molar refractivity (Wildman–Crippen MR) is 72.7 cm³/mol. The van der Waals surface area contributed by atoms with Crippen molar-refractivity contribution >= 4 is 5.82 Å². The van der Waals surface area contributed by atoms with E-state index in [0.29, 0.717) is 5.82 Å². The summed E-state index contributed by atoms with van der Waals surface area (Å²) in [6.07, 6.45) is 1.73. The van der Waals surface area contributed by atoms with Crippen LogP contribution in [-0.2, 0) is 7.05 Å². The van der Waals surface area contributed by atoms with Gasteiger partial charge in [0.25, 0.3) is 0 Å². The number of anilines is 1. The van der Waals surface area contributed by atoms with Crippen LogP contribution in [0.4, 0.5) is 5.82 Å². The van der Waals surface area contributed by atoms with Gasteiger partial charge in [0.05, 0.1) is 23.3 Å². The highest BCUT2D eigenvalue weighted by molar-refractivity contribution is 5.64. The number of aromatic nitrogens is 5. The summed E-state index contributed by atoms with van der Waals surface area (Å²) in [5, 5.41) is 12.9. The molecule has 0 spiro atoms. The van der Waals surface area contributed by atoms with E-state index in [4.69, 9.17) is 5.73 Å². The van der Waals surface area contributed by atoms with E-state index in [1.807, 2.05) is 44.3 Å². The summed E-state index contributed by atoms with van der Waals surface area (Å²) in [7, 11) is 1.82. The monoisotopic (exact) mass is 254 g/mol. The van der Waals surface area contributed by atoms with Crippen molar-refractivity contribution in [1.82, 2.24) is 24.8 Å². The Morgan fingerprint density at radius 3 is 2.63 bits per heavy atom. The number of hydrogen-bond acceptors (Lipinski definition) is 4. The molecule has 2 aromatic heterocycles. The molecule has 0 unspecified atom stereocenters. The van der Waals surface area contributed by atoms with Crippen LogP contribution in [0.3, 0.4) is 0 Å². The third-order valence-electron chi connectivity index (χ3n) is 2.90. The van der Waals surface area contributed by atoms with Gasteiger partial charge in [-0.2, -0.15) is 20.1 Å². The van der Waals surface area contributed by atoms with E-state index >= 15 is 0 Å². The Balaban J connectivity index is 2.04. The van der Waals surface area contributed by atoms with Crippen LogP contribution < -0.4 is 5.73 Å². The molecule has 2 heterocycles. The molecule has 3 aromatic rings. The largest absolute Gasteiger partial charge is 0.384 e. The Morgan fingerprint density at radius 1 is 1.16 bits per heavy atom. The number of nitrogen functional groups attached to an aromatic ring is 1. The average Bonchev–Trinajstić information content (AvgIpc) is 2.97.